The highest BCUT2D eigenvalue weighted by molar-refractivity contribution is 6.35. The van der Waals surface area contributed by atoms with E-state index in [0.29, 0.717) is 23.0 Å². The van der Waals surface area contributed by atoms with Gasteiger partial charge in [0.25, 0.3) is 0 Å². The Morgan fingerprint density at radius 2 is 2.30 bits per heavy atom. The second kappa shape index (κ2) is 6.04. The Morgan fingerprint density at radius 1 is 1.60 bits per heavy atom. The number of hydrogen-bond acceptors (Lipinski definition) is 2. The zero-order valence-electron chi connectivity index (χ0n) is 11.1. The molecular weight excluding hydrogens is 299 g/mol. The fourth-order valence-corrected chi connectivity index (χ4v) is 3.09. The van der Waals surface area contributed by atoms with Crippen molar-refractivity contribution in [1.82, 2.24) is 10.2 Å². The van der Waals surface area contributed by atoms with Crippen molar-refractivity contribution in [1.29, 1.82) is 0 Å². The van der Waals surface area contributed by atoms with Crippen molar-refractivity contribution in [2.75, 3.05) is 13.6 Å². The molecule has 0 saturated carbocycles. The zero-order chi connectivity index (χ0) is 14.9. The van der Waals surface area contributed by atoms with Crippen molar-refractivity contribution in [3.05, 3.63) is 46.0 Å². The Bertz CT molecular complexity index is 548. The molecule has 2 N–H and O–H groups in total. The van der Waals surface area contributed by atoms with Gasteiger partial charge in [0.1, 0.15) is 0 Å². The van der Waals surface area contributed by atoms with Crippen molar-refractivity contribution < 1.29 is 9.90 Å². The largest absolute Gasteiger partial charge is 0.390 e. The second-order valence-electron chi connectivity index (χ2n) is 4.76. The van der Waals surface area contributed by atoms with Crippen molar-refractivity contribution in [2.24, 2.45) is 0 Å². The summed E-state index contributed by atoms with van der Waals surface area (Å²) >= 11 is 12.2. The van der Waals surface area contributed by atoms with Crippen LogP contribution in [0.25, 0.3) is 0 Å². The quantitative estimate of drug-likeness (QED) is 0.843. The molecule has 0 saturated heterocycles. The van der Waals surface area contributed by atoms with Crippen LogP contribution in [0.15, 0.2) is 24.8 Å². The average Bonchev–Trinajstić information content (AvgIpc) is 2.71. The third-order valence-electron chi connectivity index (χ3n) is 3.43. The summed E-state index contributed by atoms with van der Waals surface area (Å²) < 4.78 is 0. The van der Waals surface area contributed by atoms with Gasteiger partial charge in [-0.3, -0.25) is 0 Å². The van der Waals surface area contributed by atoms with Gasteiger partial charge < -0.3 is 15.3 Å². The predicted molar refractivity (Wildman–Crippen MR) is 80.3 cm³/mol. The number of aliphatic hydroxyl groups is 1. The maximum absolute atomic E-state index is 12.0. The molecule has 0 heterocycles. The van der Waals surface area contributed by atoms with E-state index >= 15 is 0 Å². The number of nitrogens with zero attached hydrogens (tertiary/aromatic N) is 1. The molecule has 108 valence electrons. The second-order valence-corrected chi connectivity index (χ2v) is 5.60. The van der Waals surface area contributed by atoms with E-state index in [1.165, 1.54) is 4.90 Å². The summed E-state index contributed by atoms with van der Waals surface area (Å²) in [7, 11) is 1.64. The molecule has 2 amide bonds. The van der Waals surface area contributed by atoms with Gasteiger partial charge in [-0.15, -0.1) is 6.58 Å². The first-order chi connectivity index (χ1) is 9.45. The number of hydrogen-bond donors (Lipinski definition) is 2. The van der Waals surface area contributed by atoms with Gasteiger partial charge in [0.15, 0.2) is 0 Å². The van der Waals surface area contributed by atoms with E-state index in [4.69, 9.17) is 23.2 Å². The van der Waals surface area contributed by atoms with Gasteiger partial charge in [0, 0.05) is 30.1 Å². The molecular formula is C14H16Cl2N2O2. The first-order valence-corrected chi connectivity index (χ1v) is 6.98. The van der Waals surface area contributed by atoms with E-state index in [0.717, 1.165) is 11.1 Å². The Morgan fingerprint density at radius 3 is 2.95 bits per heavy atom. The lowest BCUT2D eigenvalue weighted by Gasteiger charge is -2.28. The molecule has 20 heavy (non-hydrogen) atoms. The number of carbonyl (C=O) groups is 1. The molecule has 1 aromatic carbocycles. The van der Waals surface area contributed by atoms with Crippen molar-refractivity contribution in [3.63, 3.8) is 0 Å². The van der Waals surface area contributed by atoms with Gasteiger partial charge in [0.2, 0.25) is 0 Å². The lowest BCUT2D eigenvalue weighted by atomic mass is 10.1. The van der Waals surface area contributed by atoms with Crippen LogP contribution in [0.3, 0.4) is 0 Å². The molecule has 1 aliphatic carbocycles. The Labute approximate surface area is 128 Å². The molecule has 6 heteroatoms. The van der Waals surface area contributed by atoms with Crippen LogP contribution in [0.5, 0.6) is 0 Å². The van der Waals surface area contributed by atoms with E-state index < -0.39 is 12.1 Å². The van der Waals surface area contributed by atoms with E-state index in [9.17, 15) is 9.90 Å². The lowest BCUT2D eigenvalue weighted by molar-refractivity contribution is 0.0896. The first kappa shape index (κ1) is 15.2. The highest BCUT2D eigenvalue weighted by Crippen LogP contribution is 2.40. The minimum Gasteiger partial charge on any atom is -0.390 e. The SMILES string of the molecule is C=CCNC(=O)N(C)C1c2cc(Cl)cc(Cl)c2CC1O. The summed E-state index contributed by atoms with van der Waals surface area (Å²) in [5.41, 5.74) is 1.64. The Balaban J connectivity index is 2.30. The van der Waals surface area contributed by atoms with E-state index in [-0.39, 0.29) is 6.03 Å². The van der Waals surface area contributed by atoms with E-state index in [1.807, 2.05) is 0 Å². The molecule has 4 nitrogen and oxygen atoms in total. The van der Waals surface area contributed by atoms with Crippen molar-refractivity contribution in [3.8, 4) is 0 Å². The number of halogens is 2. The van der Waals surface area contributed by atoms with Crippen LogP contribution in [0.1, 0.15) is 17.2 Å². The molecule has 1 aromatic rings. The monoisotopic (exact) mass is 314 g/mol. The summed E-state index contributed by atoms with van der Waals surface area (Å²) in [6.07, 6.45) is 1.31. The molecule has 0 aromatic heterocycles. The maximum atomic E-state index is 12.0. The Kier molecular flexibility index (Phi) is 4.58. The number of fused-ring (bicyclic) bond motifs is 1. The number of nitrogens with one attached hydrogen (secondary N) is 1. The normalized spacial score (nSPS) is 20.4. The molecule has 0 fully saturated rings. The molecule has 0 spiro atoms. The number of benzene rings is 1. The van der Waals surface area contributed by atoms with Crippen molar-refractivity contribution in [2.45, 2.75) is 18.6 Å². The van der Waals surface area contributed by atoms with Crippen LogP contribution in [0.4, 0.5) is 4.79 Å². The fourth-order valence-electron chi connectivity index (χ4n) is 2.51. The van der Waals surface area contributed by atoms with Crippen LogP contribution in [0, 0.1) is 0 Å². The molecule has 0 bridgehead atoms. The van der Waals surface area contributed by atoms with Crippen LogP contribution < -0.4 is 5.32 Å². The third-order valence-corrected chi connectivity index (χ3v) is 3.98. The predicted octanol–water partition coefficient (Wildman–Crippen LogP) is 2.78. The third kappa shape index (κ3) is 2.77. The molecule has 1 aliphatic rings. The van der Waals surface area contributed by atoms with Crippen LogP contribution >= 0.6 is 23.2 Å². The minimum atomic E-state index is -0.694. The number of carbonyl (C=O) groups excluding carboxylic acids is 1. The Hall–Kier alpha value is -1.23. The van der Waals surface area contributed by atoms with Gasteiger partial charge in [0.05, 0.1) is 12.1 Å². The molecule has 0 radical (unpaired) electrons. The topological polar surface area (TPSA) is 52.6 Å². The number of likely N-dealkylation sites (N-methyl/N-ethyl adjacent to an activating group) is 1. The van der Waals surface area contributed by atoms with Crippen LogP contribution in [0.2, 0.25) is 10.0 Å². The van der Waals surface area contributed by atoms with E-state index in [1.54, 1.807) is 25.3 Å². The first-order valence-electron chi connectivity index (χ1n) is 6.23. The van der Waals surface area contributed by atoms with Crippen LogP contribution in [-0.4, -0.2) is 35.7 Å². The smallest absolute Gasteiger partial charge is 0.317 e. The van der Waals surface area contributed by atoms with Gasteiger partial charge in [-0.05, 0) is 23.3 Å². The van der Waals surface area contributed by atoms with Crippen molar-refractivity contribution >= 4 is 29.2 Å². The number of urea groups is 1. The van der Waals surface area contributed by atoms with Gasteiger partial charge in [-0.2, -0.15) is 0 Å². The summed E-state index contributed by atoms with van der Waals surface area (Å²) in [6.45, 7) is 3.92. The number of aliphatic hydroxyl groups excluding tert-OH is 1. The maximum Gasteiger partial charge on any atom is 0.317 e. The molecule has 2 rings (SSSR count). The molecule has 0 aliphatic heterocycles. The summed E-state index contributed by atoms with van der Waals surface area (Å²) in [5, 5.41) is 13.9. The number of rotatable bonds is 3. The summed E-state index contributed by atoms with van der Waals surface area (Å²) in [5.74, 6) is 0. The van der Waals surface area contributed by atoms with Gasteiger partial charge in [-0.1, -0.05) is 29.3 Å². The highest BCUT2D eigenvalue weighted by Gasteiger charge is 2.37. The minimum absolute atomic E-state index is 0.280. The van der Waals surface area contributed by atoms with E-state index in [2.05, 4.69) is 11.9 Å². The standard InChI is InChI=1S/C14H16Cl2N2O2/c1-3-4-17-14(20)18(2)13-10-5-8(15)6-11(16)9(10)7-12(13)19/h3,5-6,12-13,19H,1,4,7H2,2H3,(H,17,20). The highest BCUT2D eigenvalue weighted by atomic mass is 35.5. The zero-order valence-corrected chi connectivity index (χ0v) is 12.6. The summed E-state index contributed by atoms with van der Waals surface area (Å²) in [6, 6.07) is 2.67. The summed E-state index contributed by atoms with van der Waals surface area (Å²) in [4.78, 5) is 13.5. The average molecular weight is 315 g/mol. The van der Waals surface area contributed by atoms with Gasteiger partial charge >= 0.3 is 6.03 Å². The molecule has 2 atom stereocenters. The van der Waals surface area contributed by atoms with Crippen LogP contribution in [-0.2, 0) is 6.42 Å². The van der Waals surface area contributed by atoms with Gasteiger partial charge in [-0.25, -0.2) is 4.79 Å². The lowest BCUT2D eigenvalue weighted by Crippen LogP contribution is -2.42. The fraction of sp³-hybridized carbons (Fsp3) is 0.357. The molecule has 2 unspecified atom stereocenters. The number of amides is 2.